The summed E-state index contributed by atoms with van der Waals surface area (Å²) < 4.78 is 97.6. The van der Waals surface area contributed by atoms with Crippen LogP contribution in [0.5, 0.6) is 0 Å². The lowest BCUT2D eigenvalue weighted by molar-refractivity contribution is -0.307. The fraction of sp³-hybridized carbons (Fsp3) is 0.304. The Bertz CT molecular complexity index is 1550. The molecular weight excluding hydrogens is 542 g/mol. The van der Waals surface area contributed by atoms with Gasteiger partial charge in [-0.3, -0.25) is 0 Å². The number of nitrogens with one attached hydrogen (secondary N) is 2. The van der Waals surface area contributed by atoms with Crippen LogP contribution in [0, 0.1) is 0 Å². The van der Waals surface area contributed by atoms with Gasteiger partial charge in [-0.15, -0.1) is 9.48 Å². The minimum atomic E-state index is -5.74. The highest BCUT2D eigenvalue weighted by atomic mass is 19.3. The summed E-state index contributed by atoms with van der Waals surface area (Å²) in [5, 5.41) is 0. The van der Waals surface area contributed by atoms with E-state index in [1.165, 1.54) is 24.3 Å². The summed E-state index contributed by atoms with van der Waals surface area (Å²) in [6.45, 7) is -0.532. The highest BCUT2D eigenvalue weighted by Gasteiger charge is 2.70. The predicted molar refractivity (Wildman–Crippen MR) is 121 cm³/mol. The van der Waals surface area contributed by atoms with Crippen LogP contribution >= 0.6 is 0 Å². The van der Waals surface area contributed by atoms with Crippen LogP contribution in [-0.2, 0) is 25.9 Å². The van der Waals surface area contributed by atoms with E-state index in [1.54, 1.807) is 0 Å². The fourth-order valence-electron chi connectivity index (χ4n) is 3.70. The molecule has 2 heterocycles. The first kappa shape index (κ1) is 27.5. The summed E-state index contributed by atoms with van der Waals surface area (Å²) in [7, 11) is 0. The van der Waals surface area contributed by atoms with Gasteiger partial charge in [-0.05, 0) is 22.3 Å². The van der Waals surface area contributed by atoms with Crippen molar-refractivity contribution in [3.63, 3.8) is 0 Å². The SMILES string of the molecule is O=c1[nH]c(=O)n(Cc2ccc(CC(F)(F)C(F)(F)C(F)(F)Cc3ccc(Cn4oc(=O)[nH]c4=O)cc3)cc2)o1. The third-order valence-electron chi connectivity index (χ3n) is 5.73. The van der Waals surface area contributed by atoms with Crippen LogP contribution < -0.4 is 22.9 Å². The maximum Gasteiger partial charge on any atom is 0.440 e. The lowest BCUT2D eigenvalue weighted by Gasteiger charge is -2.33. The monoisotopic (exact) mass is 560 g/mol. The molecule has 2 aromatic carbocycles. The third kappa shape index (κ3) is 5.83. The normalized spacial score (nSPS) is 12.7. The Labute approximate surface area is 212 Å². The van der Waals surface area contributed by atoms with E-state index in [-0.39, 0.29) is 35.3 Å². The number of benzene rings is 2. The van der Waals surface area contributed by atoms with E-state index in [0.29, 0.717) is 9.48 Å². The lowest BCUT2D eigenvalue weighted by Crippen LogP contribution is -2.56. The summed E-state index contributed by atoms with van der Waals surface area (Å²) >= 11 is 0. The molecule has 39 heavy (non-hydrogen) atoms. The van der Waals surface area contributed by atoms with Gasteiger partial charge in [-0.25, -0.2) is 29.1 Å². The van der Waals surface area contributed by atoms with Gasteiger partial charge in [0.05, 0.1) is 13.1 Å². The highest BCUT2D eigenvalue weighted by Crippen LogP contribution is 2.48. The quantitative estimate of drug-likeness (QED) is 0.286. The average Bonchev–Trinajstić information content (AvgIpc) is 3.33. The summed E-state index contributed by atoms with van der Waals surface area (Å²) in [6, 6.07) is 8.78. The van der Waals surface area contributed by atoms with Crippen molar-refractivity contribution in [2.24, 2.45) is 0 Å². The van der Waals surface area contributed by atoms with Gasteiger partial charge in [0.25, 0.3) is 0 Å². The topological polar surface area (TPSA) is 136 Å². The number of hydrogen-bond acceptors (Lipinski definition) is 6. The van der Waals surface area contributed by atoms with Gasteiger partial charge in [-0.2, -0.15) is 26.3 Å². The van der Waals surface area contributed by atoms with Crippen LogP contribution in [0.2, 0.25) is 0 Å². The van der Waals surface area contributed by atoms with Crippen LogP contribution in [0.25, 0.3) is 0 Å². The van der Waals surface area contributed by atoms with E-state index in [9.17, 15) is 45.5 Å². The molecule has 0 amide bonds. The molecule has 208 valence electrons. The molecule has 0 aliphatic heterocycles. The van der Waals surface area contributed by atoms with Gasteiger partial charge in [0.1, 0.15) is 0 Å². The number of halogens is 6. The fourth-order valence-corrected chi connectivity index (χ4v) is 3.70. The second-order valence-electron chi connectivity index (χ2n) is 8.66. The average molecular weight is 560 g/mol. The molecule has 10 nitrogen and oxygen atoms in total. The van der Waals surface area contributed by atoms with Crippen LogP contribution in [0.1, 0.15) is 22.3 Å². The number of aromatic amines is 2. The molecule has 0 saturated heterocycles. The van der Waals surface area contributed by atoms with Crippen LogP contribution in [-0.4, -0.2) is 37.2 Å². The summed E-state index contributed by atoms with van der Waals surface area (Å²) in [5.41, 5.74) is -1.91. The van der Waals surface area contributed by atoms with Crippen molar-refractivity contribution in [1.29, 1.82) is 0 Å². The maximum absolute atomic E-state index is 14.5. The molecule has 2 N–H and O–H groups in total. The standard InChI is InChI=1S/C23H18F6N4O6/c24-21(25,9-13-1-5-15(6-2-13)11-32-17(34)30-19(36)38-32)23(28,29)22(26,27)10-14-3-7-16(8-4-14)12-33-18(35)31-20(37)39-33/h1-8H,9-12H2,(H,30,34,36)(H,31,35,37). The number of rotatable bonds is 10. The Balaban J connectivity index is 1.43. The Morgan fingerprint density at radius 3 is 1.15 bits per heavy atom. The zero-order valence-electron chi connectivity index (χ0n) is 19.6. The molecule has 0 saturated carbocycles. The van der Waals surface area contributed by atoms with Gasteiger partial charge in [0.2, 0.25) is 0 Å². The van der Waals surface area contributed by atoms with Crippen molar-refractivity contribution in [1.82, 2.24) is 19.4 Å². The zero-order valence-corrected chi connectivity index (χ0v) is 19.6. The smallest absolute Gasteiger partial charge is 0.317 e. The van der Waals surface area contributed by atoms with Gasteiger partial charge >= 0.3 is 40.7 Å². The zero-order chi connectivity index (χ0) is 28.6. The van der Waals surface area contributed by atoms with E-state index < -0.39 is 53.5 Å². The van der Waals surface area contributed by atoms with Gasteiger partial charge < -0.3 is 9.05 Å². The van der Waals surface area contributed by atoms with E-state index in [0.717, 1.165) is 24.3 Å². The molecule has 0 bridgehead atoms. The van der Waals surface area contributed by atoms with Crippen LogP contribution in [0.3, 0.4) is 0 Å². The molecule has 0 atom stereocenters. The second kappa shape index (κ2) is 9.99. The van der Waals surface area contributed by atoms with E-state index in [1.807, 2.05) is 9.97 Å². The van der Waals surface area contributed by atoms with Crippen molar-refractivity contribution in [2.75, 3.05) is 0 Å². The number of alkyl halides is 6. The maximum atomic E-state index is 14.5. The van der Waals surface area contributed by atoms with Crippen LogP contribution in [0.4, 0.5) is 26.3 Å². The summed E-state index contributed by atoms with van der Waals surface area (Å²) in [6.07, 6.45) is -3.41. The van der Waals surface area contributed by atoms with E-state index >= 15 is 0 Å². The molecule has 0 radical (unpaired) electrons. The Morgan fingerprint density at radius 1 is 0.564 bits per heavy atom. The van der Waals surface area contributed by atoms with E-state index in [4.69, 9.17) is 0 Å². The highest BCUT2D eigenvalue weighted by molar-refractivity contribution is 5.26. The van der Waals surface area contributed by atoms with Crippen molar-refractivity contribution in [3.8, 4) is 0 Å². The Morgan fingerprint density at radius 2 is 0.872 bits per heavy atom. The van der Waals surface area contributed by atoms with Gasteiger partial charge in [-0.1, -0.05) is 48.5 Å². The van der Waals surface area contributed by atoms with Crippen LogP contribution in [0.15, 0.2) is 76.8 Å². The van der Waals surface area contributed by atoms with E-state index in [2.05, 4.69) is 9.05 Å². The minimum Gasteiger partial charge on any atom is -0.317 e. The van der Waals surface area contributed by atoms with Crippen molar-refractivity contribution in [2.45, 2.75) is 43.7 Å². The number of hydrogen-bond donors (Lipinski definition) is 2. The number of H-pyrrole nitrogens is 2. The summed E-state index contributed by atoms with van der Waals surface area (Å²) in [4.78, 5) is 48.6. The Kier molecular flexibility index (Phi) is 7.06. The molecule has 0 fully saturated rings. The molecule has 0 unspecified atom stereocenters. The largest absolute Gasteiger partial charge is 0.440 e. The molecule has 0 spiro atoms. The third-order valence-corrected chi connectivity index (χ3v) is 5.73. The summed E-state index contributed by atoms with van der Waals surface area (Å²) in [5.74, 6) is -18.1. The molecule has 0 aliphatic rings. The molecule has 0 aliphatic carbocycles. The lowest BCUT2D eigenvalue weighted by atomic mass is 9.93. The minimum absolute atomic E-state index is 0.266. The van der Waals surface area contributed by atoms with Crippen molar-refractivity contribution < 1.29 is 35.4 Å². The van der Waals surface area contributed by atoms with Crippen molar-refractivity contribution >= 4 is 0 Å². The Hall–Kier alpha value is -4.50. The van der Waals surface area contributed by atoms with Gasteiger partial charge in [0, 0.05) is 12.8 Å². The molecule has 4 aromatic rings. The predicted octanol–water partition coefficient (Wildman–Crippen LogP) is 2.36. The first-order valence-corrected chi connectivity index (χ1v) is 11.1. The van der Waals surface area contributed by atoms with Gasteiger partial charge in [0.15, 0.2) is 0 Å². The second-order valence-corrected chi connectivity index (χ2v) is 8.66. The first-order valence-electron chi connectivity index (χ1n) is 11.1. The van der Waals surface area contributed by atoms with Crippen molar-refractivity contribution in [3.05, 3.63) is 113 Å². The molecule has 2 aromatic heterocycles. The molecule has 4 rings (SSSR count). The molecule has 16 heteroatoms. The number of nitrogens with zero attached hydrogens (tertiary/aromatic N) is 2. The molecular formula is C23H18F6N4O6. The number of aromatic nitrogens is 4. The first-order chi connectivity index (χ1) is 18.2.